The highest BCUT2D eigenvalue weighted by Gasteiger charge is 2.45. The van der Waals surface area contributed by atoms with Crippen LogP contribution in [0.3, 0.4) is 0 Å². The van der Waals surface area contributed by atoms with E-state index in [2.05, 4.69) is 6.07 Å². The van der Waals surface area contributed by atoms with Crippen molar-refractivity contribution in [2.75, 3.05) is 0 Å². The van der Waals surface area contributed by atoms with Crippen molar-refractivity contribution in [3.63, 3.8) is 0 Å². The fourth-order valence-corrected chi connectivity index (χ4v) is 1.86. The van der Waals surface area contributed by atoms with Gasteiger partial charge in [-0.25, -0.2) is 4.39 Å². The van der Waals surface area contributed by atoms with Crippen LogP contribution in [0.4, 0.5) is 4.39 Å². The number of nitriles is 1. The molecule has 0 saturated heterocycles. The van der Waals surface area contributed by atoms with Gasteiger partial charge in [-0.1, -0.05) is 12.1 Å². The van der Waals surface area contributed by atoms with Crippen LogP contribution in [0.15, 0.2) is 18.2 Å². The Hall–Kier alpha value is -1.69. The van der Waals surface area contributed by atoms with Gasteiger partial charge in [-0.15, -0.1) is 0 Å². The highest BCUT2D eigenvalue weighted by Crippen LogP contribution is 2.40. The molecular weight excluding hydrogens is 193 g/mol. The van der Waals surface area contributed by atoms with Gasteiger partial charge in [0.25, 0.3) is 0 Å². The first-order valence-electron chi connectivity index (χ1n) is 4.77. The minimum absolute atomic E-state index is 0.0672. The van der Waals surface area contributed by atoms with Crippen LogP contribution in [0.5, 0.6) is 0 Å². The summed E-state index contributed by atoms with van der Waals surface area (Å²) < 4.78 is 13.3. The lowest BCUT2D eigenvalue weighted by Gasteiger charge is -2.34. The fourth-order valence-electron chi connectivity index (χ4n) is 1.86. The van der Waals surface area contributed by atoms with Crippen LogP contribution < -0.4 is 0 Å². The summed E-state index contributed by atoms with van der Waals surface area (Å²) in [6, 6.07) is 6.86. The SMILES string of the molecule is Cc1ccc(C2(C#N)CC(=O)C2)cc1F. The van der Waals surface area contributed by atoms with Crippen molar-refractivity contribution in [2.24, 2.45) is 0 Å². The summed E-state index contributed by atoms with van der Waals surface area (Å²) in [6.45, 7) is 1.67. The van der Waals surface area contributed by atoms with Crippen LogP contribution >= 0.6 is 0 Å². The van der Waals surface area contributed by atoms with Gasteiger partial charge >= 0.3 is 0 Å². The van der Waals surface area contributed by atoms with Crippen LogP contribution in [0.25, 0.3) is 0 Å². The number of ketones is 1. The predicted octanol–water partition coefficient (Wildman–Crippen LogP) is 2.26. The van der Waals surface area contributed by atoms with Gasteiger partial charge in [-0.3, -0.25) is 4.79 Å². The maximum atomic E-state index is 13.3. The van der Waals surface area contributed by atoms with Gasteiger partial charge in [-0.2, -0.15) is 5.26 Å². The Labute approximate surface area is 87.3 Å². The Kier molecular flexibility index (Phi) is 2.08. The number of nitrogens with zero attached hydrogens (tertiary/aromatic N) is 1. The number of rotatable bonds is 1. The Morgan fingerprint density at radius 3 is 2.60 bits per heavy atom. The molecule has 1 aromatic rings. The Morgan fingerprint density at radius 1 is 1.47 bits per heavy atom. The first-order valence-corrected chi connectivity index (χ1v) is 4.77. The number of aryl methyl sites for hydroxylation is 1. The highest BCUT2D eigenvalue weighted by molar-refractivity contribution is 5.90. The third-order valence-corrected chi connectivity index (χ3v) is 2.94. The Morgan fingerprint density at radius 2 is 2.13 bits per heavy atom. The molecule has 0 amide bonds. The molecule has 0 bridgehead atoms. The van der Waals surface area contributed by atoms with Crippen molar-refractivity contribution < 1.29 is 9.18 Å². The van der Waals surface area contributed by atoms with Gasteiger partial charge in [0.1, 0.15) is 11.6 Å². The highest BCUT2D eigenvalue weighted by atomic mass is 19.1. The molecule has 0 spiro atoms. The number of Topliss-reactive ketones (excluding diaryl/α,β-unsaturated/α-hetero) is 1. The molecule has 1 aromatic carbocycles. The topological polar surface area (TPSA) is 40.9 Å². The summed E-state index contributed by atoms with van der Waals surface area (Å²) >= 11 is 0. The zero-order valence-corrected chi connectivity index (χ0v) is 8.38. The van der Waals surface area contributed by atoms with E-state index in [0.717, 1.165) is 0 Å². The molecule has 2 nitrogen and oxygen atoms in total. The number of carbonyl (C=O) groups excluding carboxylic acids is 1. The van der Waals surface area contributed by atoms with Crippen LogP contribution in [0, 0.1) is 24.1 Å². The largest absolute Gasteiger partial charge is 0.300 e. The minimum Gasteiger partial charge on any atom is -0.300 e. The summed E-state index contributed by atoms with van der Waals surface area (Å²) in [5.41, 5.74) is 0.399. The number of hydrogen-bond acceptors (Lipinski definition) is 2. The second-order valence-corrected chi connectivity index (χ2v) is 4.05. The van der Waals surface area contributed by atoms with E-state index < -0.39 is 5.41 Å². The van der Waals surface area contributed by atoms with Gasteiger partial charge in [0.15, 0.2) is 0 Å². The average Bonchev–Trinajstić information content (AvgIpc) is 2.17. The lowest BCUT2D eigenvalue weighted by atomic mass is 9.64. The molecule has 0 aliphatic heterocycles. The second-order valence-electron chi connectivity index (χ2n) is 4.05. The van der Waals surface area contributed by atoms with Crippen molar-refractivity contribution in [3.05, 3.63) is 35.1 Å². The van der Waals surface area contributed by atoms with Gasteiger partial charge in [0.2, 0.25) is 0 Å². The van der Waals surface area contributed by atoms with E-state index in [-0.39, 0.29) is 24.4 Å². The van der Waals surface area contributed by atoms with Crippen molar-refractivity contribution in [2.45, 2.75) is 25.2 Å². The molecule has 76 valence electrons. The Bertz CT molecular complexity index is 465. The maximum Gasteiger partial charge on any atom is 0.136 e. The zero-order valence-electron chi connectivity index (χ0n) is 8.38. The number of hydrogen-bond donors (Lipinski definition) is 0. The molecule has 1 aliphatic carbocycles. The number of benzene rings is 1. The standard InChI is InChI=1S/C12H10FNO/c1-8-2-3-9(4-11(8)13)12(7-14)5-10(15)6-12/h2-4H,5-6H2,1H3. The maximum absolute atomic E-state index is 13.3. The van der Waals surface area contributed by atoms with E-state index in [4.69, 9.17) is 5.26 Å². The van der Waals surface area contributed by atoms with E-state index in [1.807, 2.05) is 0 Å². The summed E-state index contributed by atoms with van der Waals surface area (Å²) in [5, 5.41) is 9.04. The monoisotopic (exact) mass is 203 g/mol. The second kappa shape index (κ2) is 3.16. The predicted molar refractivity (Wildman–Crippen MR) is 52.7 cm³/mol. The molecular formula is C12H10FNO. The molecule has 0 heterocycles. The van der Waals surface area contributed by atoms with Crippen molar-refractivity contribution >= 4 is 5.78 Å². The first kappa shape index (κ1) is 9.85. The van der Waals surface area contributed by atoms with Crippen LogP contribution in [0.2, 0.25) is 0 Å². The van der Waals surface area contributed by atoms with Gasteiger partial charge < -0.3 is 0 Å². The summed E-state index contributed by atoms with van der Waals surface area (Å²) in [4.78, 5) is 11.0. The molecule has 0 radical (unpaired) electrons. The third kappa shape index (κ3) is 1.42. The molecule has 3 heteroatoms. The third-order valence-electron chi connectivity index (χ3n) is 2.94. The Balaban J connectivity index is 2.42. The smallest absolute Gasteiger partial charge is 0.136 e. The van der Waals surface area contributed by atoms with E-state index in [1.165, 1.54) is 6.07 Å². The molecule has 1 fully saturated rings. The minimum atomic E-state index is -0.772. The van der Waals surface area contributed by atoms with Crippen LogP contribution in [-0.4, -0.2) is 5.78 Å². The van der Waals surface area contributed by atoms with Gasteiger partial charge in [0.05, 0.1) is 11.5 Å². The zero-order chi connectivity index (χ0) is 11.1. The lowest BCUT2D eigenvalue weighted by molar-refractivity contribution is -0.126. The molecule has 0 atom stereocenters. The van der Waals surface area contributed by atoms with Crippen molar-refractivity contribution in [1.29, 1.82) is 5.26 Å². The normalized spacial score (nSPS) is 18.1. The summed E-state index contributed by atoms with van der Waals surface area (Å²) in [7, 11) is 0. The van der Waals surface area contributed by atoms with Crippen molar-refractivity contribution in [3.8, 4) is 6.07 Å². The van der Waals surface area contributed by atoms with E-state index in [1.54, 1.807) is 19.1 Å². The van der Waals surface area contributed by atoms with Crippen molar-refractivity contribution in [1.82, 2.24) is 0 Å². The van der Waals surface area contributed by atoms with E-state index in [0.29, 0.717) is 11.1 Å². The number of halogens is 1. The molecule has 15 heavy (non-hydrogen) atoms. The summed E-state index contributed by atoms with van der Waals surface area (Å²) in [6.07, 6.45) is 0.429. The van der Waals surface area contributed by atoms with E-state index >= 15 is 0 Å². The van der Waals surface area contributed by atoms with Gasteiger partial charge in [-0.05, 0) is 24.1 Å². The average molecular weight is 203 g/mol. The van der Waals surface area contributed by atoms with Crippen LogP contribution in [-0.2, 0) is 10.2 Å². The molecule has 2 rings (SSSR count). The fraction of sp³-hybridized carbons (Fsp3) is 0.333. The number of carbonyl (C=O) groups is 1. The summed E-state index contributed by atoms with van der Waals surface area (Å²) in [5.74, 6) is -0.251. The molecule has 0 N–H and O–H groups in total. The molecule has 1 saturated carbocycles. The molecule has 0 unspecified atom stereocenters. The first-order chi connectivity index (χ1) is 7.07. The quantitative estimate of drug-likeness (QED) is 0.702. The lowest BCUT2D eigenvalue weighted by Crippen LogP contribution is -2.40. The van der Waals surface area contributed by atoms with E-state index in [9.17, 15) is 9.18 Å². The molecule has 0 aromatic heterocycles. The van der Waals surface area contributed by atoms with Gasteiger partial charge in [0, 0.05) is 12.8 Å². The van der Waals surface area contributed by atoms with Crippen LogP contribution in [0.1, 0.15) is 24.0 Å². The molecule has 1 aliphatic rings.